The maximum Gasteiger partial charge on any atom is 0.120 e. The van der Waals surface area contributed by atoms with E-state index in [1.165, 1.54) is 42.3 Å². The molecule has 0 N–H and O–H groups in total. The SMILES string of the molecule is CC(C)c1ccnc(-c2[c-]ccc3c2oc2ccccc23)c1.[Ir].[c-]1ccccc1-c1nc2cccc3c2n1CC=C3C1CCCC1. The number of benzene rings is 4. The minimum atomic E-state index is 0. The summed E-state index contributed by atoms with van der Waals surface area (Å²) in [5, 5.41) is 2.24. The second-order valence-corrected chi connectivity index (χ2v) is 12.5. The first-order valence-corrected chi connectivity index (χ1v) is 16.1. The second kappa shape index (κ2) is 12.8. The predicted molar refractivity (Wildman–Crippen MR) is 184 cm³/mol. The van der Waals surface area contributed by atoms with Crippen LogP contribution in [0, 0.1) is 18.1 Å². The minimum absolute atomic E-state index is 0. The zero-order valence-corrected chi connectivity index (χ0v) is 28.5. The number of imidazole rings is 1. The molecule has 46 heavy (non-hydrogen) atoms. The first-order valence-electron chi connectivity index (χ1n) is 16.1. The van der Waals surface area contributed by atoms with Gasteiger partial charge in [0, 0.05) is 43.8 Å². The van der Waals surface area contributed by atoms with E-state index in [0.717, 1.165) is 62.6 Å². The van der Waals surface area contributed by atoms with Crippen LogP contribution in [0.1, 0.15) is 56.6 Å². The van der Waals surface area contributed by atoms with Crippen molar-refractivity contribution in [1.82, 2.24) is 14.5 Å². The van der Waals surface area contributed by atoms with Gasteiger partial charge < -0.3 is 14.0 Å². The first kappa shape index (κ1) is 30.3. The summed E-state index contributed by atoms with van der Waals surface area (Å²) in [6.07, 6.45) is 9.74. The van der Waals surface area contributed by atoms with Gasteiger partial charge in [0.2, 0.25) is 0 Å². The van der Waals surface area contributed by atoms with E-state index in [4.69, 9.17) is 9.40 Å². The number of para-hydroxylation sites is 2. The van der Waals surface area contributed by atoms with Gasteiger partial charge in [-0.1, -0.05) is 85.7 Å². The number of fused-ring (bicyclic) bond motifs is 3. The molecule has 5 heteroatoms. The number of pyridine rings is 1. The van der Waals surface area contributed by atoms with Crippen LogP contribution in [-0.4, -0.2) is 14.5 Å². The number of nitrogens with zero attached hydrogens (tertiary/aromatic N) is 3. The number of hydrogen-bond donors (Lipinski definition) is 0. The molecule has 7 aromatic rings. The third-order valence-corrected chi connectivity index (χ3v) is 9.36. The van der Waals surface area contributed by atoms with E-state index in [2.05, 4.69) is 96.2 Å². The van der Waals surface area contributed by atoms with Crippen molar-refractivity contribution in [3.8, 4) is 22.6 Å². The Balaban J connectivity index is 0.000000144. The van der Waals surface area contributed by atoms with Crippen LogP contribution in [-0.2, 0) is 26.7 Å². The molecule has 4 heterocycles. The molecular formula is C41H35IrN3O-2. The van der Waals surface area contributed by atoms with Crippen molar-refractivity contribution in [3.05, 3.63) is 127 Å². The summed E-state index contributed by atoms with van der Waals surface area (Å²) in [5.41, 5.74) is 11.3. The quantitative estimate of drug-likeness (QED) is 0.167. The third-order valence-electron chi connectivity index (χ3n) is 9.36. The average molecular weight is 778 g/mol. The number of rotatable bonds is 4. The Morgan fingerprint density at radius 3 is 2.54 bits per heavy atom. The van der Waals surface area contributed by atoms with Gasteiger partial charge in [0.15, 0.2) is 0 Å². The molecule has 0 bridgehead atoms. The first-order chi connectivity index (χ1) is 22.2. The van der Waals surface area contributed by atoms with Crippen LogP contribution in [0.5, 0.6) is 0 Å². The molecule has 1 aliphatic carbocycles. The van der Waals surface area contributed by atoms with Crippen LogP contribution in [0.4, 0.5) is 0 Å². The molecule has 4 aromatic carbocycles. The molecule has 0 amide bonds. The molecule has 1 fully saturated rings. The summed E-state index contributed by atoms with van der Waals surface area (Å²) in [4.78, 5) is 9.44. The van der Waals surface area contributed by atoms with Crippen molar-refractivity contribution in [1.29, 1.82) is 0 Å². The van der Waals surface area contributed by atoms with Crippen molar-refractivity contribution in [2.75, 3.05) is 0 Å². The molecule has 2 aliphatic rings. The Morgan fingerprint density at radius 1 is 0.870 bits per heavy atom. The van der Waals surface area contributed by atoms with E-state index in [9.17, 15) is 0 Å². The molecule has 4 nitrogen and oxygen atoms in total. The minimum Gasteiger partial charge on any atom is -0.501 e. The van der Waals surface area contributed by atoms with Crippen LogP contribution in [0.25, 0.3) is 61.2 Å². The Morgan fingerprint density at radius 2 is 1.72 bits per heavy atom. The number of allylic oxidation sites excluding steroid dienone is 2. The maximum atomic E-state index is 6.07. The Hall–Kier alpha value is -4.31. The zero-order chi connectivity index (χ0) is 30.3. The van der Waals surface area contributed by atoms with Gasteiger partial charge in [0.25, 0.3) is 0 Å². The average Bonchev–Trinajstić information content (AvgIpc) is 3.85. The molecule has 231 valence electrons. The van der Waals surface area contributed by atoms with Gasteiger partial charge in [-0.05, 0) is 54.1 Å². The largest absolute Gasteiger partial charge is 0.501 e. The number of hydrogen-bond acceptors (Lipinski definition) is 3. The van der Waals surface area contributed by atoms with E-state index in [1.807, 2.05) is 42.6 Å². The number of furan rings is 1. The summed E-state index contributed by atoms with van der Waals surface area (Å²) in [5.74, 6) is 2.25. The molecule has 0 saturated heterocycles. The van der Waals surface area contributed by atoms with Crippen LogP contribution in [0.2, 0.25) is 0 Å². The zero-order valence-electron chi connectivity index (χ0n) is 26.1. The van der Waals surface area contributed by atoms with Gasteiger partial charge in [-0.3, -0.25) is 4.98 Å². The van der Waals surface area contributed by atoms with Crippen LogP contribution >= 0.6 is 0 Å². The van der Waals surface area contributed by atoms with E-state index in [0.29, 0.717) is 5.92 Å². The summed E-state index contributed by atoms with van der Waals surface area (Å²) >= 11 is 0. The van der Waals surface area contributed by atoms with Crippen LogP contribution in [0.15, 0.2) is 108 Å². The van der Waals surface area contributed by atoms with Gasteiger partial charge >= 0.3 is 0 Å². The monoisotopic (exact) mass is 778 g/mol. The molecule has 0 atom stereocenters. The predicted octanol–water partition coefficient (Wildman–Crippen LogP) is 10.7. The third kappa shape index (κ3) is 5.42. The van der Waals surface area contributed by atoms with Gasteiger partial charge in [0.05, 0.1) is 22.4 Å². The van der Waals surface area contributed by atoms with E-state index in [-0.39, 0.29) is 20.1 Å². The molecular weight excluding hydrogens is 743 g/mol. The van der Waals surface area contributed by atoms with Gasteiger partial charge in [-0.25, -0.2) is 0 Å². The normalized spacial score (nSPS) is 14.4. The van der Waals surface area contributed by atoms with Crippen molar-refractivity contribution < 1.29 is 24.5 Å². The van der Waals surface area contributed by atoms with E-state index in [1.54, 1.807) is 5.57 Å². The molecule has 3 aromatic heterocycles. The van der Waals surface area contributed by atoms with Crippen molar-refractivity contribution in [2.24, 2.45) is 5.92 Å². The van der Waals surface area contributed by atoms with Crippen LogP contribution in [0.3, 0.4) is 0 Å². The fourth-order valence-electron chi connectivity index (χ4n) is 7.08. The molecule has 9 rings (SSSR count). The second-order valence-electron chi connectivity index (χ2n) is 12.5. The van der Waals surface area contributed by atoms with Gasteiger partial charge in [0.1, 0.15) is 5.58 Å². The Labute approximate surface area is 283 Å². The fraction of sp³-hybridized carbons (Fsp3) is 0.220. The van der Waals surface area contributed by atoms with Crippen molar-refractivity contribution in [2.45, 2.75) is 52.0 Å². The summed E-state index contributed by atoms with van der Waals surface area (Å²) in [7, 11) is 0. The van der Waals surface area contributed by atoms with Gasteiger partial charge in [-0.2, -0.15) is 0 Å². The van der Waals surface area contributed by atoms with E-state index < -0.39 is 0 Å². The molecule has 0 unspecified atom stereocenters. The molecule has 1 aliphatic heterocycles. The number of aromatic nitrogens is 3. The molecule has 1 saturated carbocycles. The fourth-order valence-corrected chi connectivity index (χ4v) is 7.08. The summed E-state index contributed by atoms with van der Waals surface area (Å²) in [6.45, 7) is 5.30. The van der Waals surface area contributed by atoms with Crippen molar-refractivity contribution >= 4 is 38.5 Å². The van der Waals surface area contributed by atoms with Crippen LogP contribution < -0.4 is 0 Å². The van der Waals surface area contributed by atoms with Gasteiger partial charge in [-0.15, -0.1) is 54.1 Å². The molecule has 0 spiro atoms. The van der Waals surface area contributed by atoms with E-state index >= 15 is 0 Å². The topological polar surface area (TPSA) is 43.9 Å². The maximum absolute atomic E-state index is 6.07. The Kier molecular flexibility index (Phi) is 8.46. The summed E-state index contributed by atoms with van der Waals surface area (Å²) in [6, 6.07) is 37.6. The summed E-state index contributed by atoms with van der Waals surface area (Å²) < 4.78 is 8.42. The van der Waals surface area contributed by atoms with Crippen molar-refractivity contribution in [3.63, 3.8) is 0 Å². The Bertz CT molecular complexity index is 2180. The smallest absolute Gasteiger partial charge is 0.120 e. The standard InChI is InChI=1S/C21H19N2.C20H16NO.Ir/c1-2-9-16(10-3-1)21-22-19-12-6-11-18-17(15-7-4-5-8-15)13-14-23(21)20(18)19;1-13(2)14-10-11-21-18(12-14)17-8-5-7-16-15-6-3-4-9-19(15)22-20(16)17;/h1-3,6,9,11-13,15H,4-5,7-8,14H2;3-7,9-13H,1-2H3;/q2*-1;. The molecule has 1 radical (unpaired) electrons.